The van der Waals surface area contributed by atoms with Crippen LogP contribution >= 0.6 is 0 Å². The van der Waals surface area contributed by atoms with Crippen LogP contribution in [0.3, 0.4) is 0 Å². The van der Waals surface area contributed by atoms with Gasteiger partial charge in [-0.3, -0.25) is 0 Å². The lowest BCUT2D eigenvalue weighted by atomic mass is 10.3. The van der Waals surface area contributed by atoms with Crippen molar-refractivity contribution in [3.63, 3.8) is 0 Å². The van der Waals surface area contributed by atoms with E-state index in [4.69, 9.17) is 0 Å². The first kappa shape index (κ1) is 6.95. The van der Waals surface area contributed by atoms with Gasteiger partial charge in [0.2, 0.25) is 0 Å². The highest BCUT2D eigenvalue weighted by atomic mass is 19.2. The average Bonchev–Trinajstić information content (AvgIpc) is 1.95. The van der Waals surface area contributed by atoms with Gasteiger partial charge in [0, 0.05) is 6.07 Å². The van der Waals surface area contributed by atoms with E-state index in [1.54, 1.807) is 0 Å². The molecule has 0 heterocycles. The Bertz CT molecular complexity index is 239. The summed E-state index contributed by atoms with van der Waals surface area (Å²) in [5, 5.41) is 0. The molecule has 4 heteroatoms. The molecule has 2 nitrogen and oxygen atoms in total. The number of hydrogen-bond donors (Lipinski definition) is 1. The highest BCUT2D eigenvalue weighted by Crippen LogP contribution is 2.13. The minimum absolute atomic E-state index is 0.0962. The molecule has 0 spiro atoms. The third-order valence-corrected chi connectivity index (χ3v) is 1.03. The van der Waals surface area contributed by atoms with Gasteiger partial charge in [-0.1, -0.05) is 0 Å². The Morgan fingerprint density at radius 2 is 1.90 bits per heavy atom. The molecule has 1 aromatic carbocycles. The van der Waals surface area contributed by atoms with Crippen LogP contribution in [0.2, 0.25) is 0 Å². The summed E-state index contributed by atoms with van der Waals surface area (Å²) in [5.41, 5.74) is 0. The molecule has 0 amide bonds. The third-order valence-electron chi connectivity index (χ3n) is 1.03. The summed E-state index contributed by atoms with van der Waals surface area (Å²) in [7, 11) is 0. The first-order chi connectivity index (χ1) is 4.74. The fourth-order valence-corrected chi connectivity index (χ4v) is 0.550. The second kappa shape index (κ2) is 2.62. The summed E-state index contributed by atoms with van der Waals surface area (Å²) in [6, 6.07) is 3.05. The molecule has 2 N–H and O–H groups in total. The first-order valence-electron chi connectivity index (χ1n) is 2.56. The van der Waals surface area contributed by atoms with Crippen LogP contribution in [0.5, 0.6) is 5.75 Å². The van der Waals surface area contributed by atoms with Gasteiger partial charge in [-0.15, -0.1) is 0 Å². The summed E-state index contributed by atoms with van der Waals surface area (Å²) in [6.45, 7) is 0. The lowest BCUT2D eigenvalue weighted by molar-refractivity contribution is 0.330. The van der Waals surface area contributed by atoms with E-state index in [9.17, 15) is 8.78 Å². The maximum absolute atomic E-state index is 12.3. The van der Waals surface area contributed by atoms with Crippen LogP contribution in [0.15, 0.2) is 18.2 Å². The normalized spacial score (nSPS) is 9.50. The van der Waals surface area contributed by atoms with Crippen molar-refractivity contribution in [3.8, 4) is 5.75 Å². The van der Waals surface area contributed by atoms with E-state index < -0.39 is 11.6 Å². The summed E-state index contributed by atoms with van der Waals surface area (Å²) in [6.07, 6.45) is 0. The maximum atomic E-state index is 12.3. The molecule has 0 radical (unpaired) electrons. The van der Waals surface area contributed by atoms with Gasteiger partial charge in [0.05, 0.1) is 0 Å². The van der Waals surface area contributed by atoms with Gasteiger partial charge in [0.25, 0.3) is 0 Å². The lowest BCUT2D eigenvalue weighted by Crippen LogP contribution is -2.02. The van der Waals surface area contributed by atoms with E-state index >= 15 is 0 Å². The smallest absolute Gasteiger partial charge is 0.162 e. The van der Waals surface area contributed by atoms with Gasteiger partial charge in [-0.25, -0.2) is 8.78 Å². The van der Waals surface area contributed by atoms with Crippen LogP contribution in [0, 0.1) is 11.6 Å². The molecule has 54 valence electrons. The SMILES string of the molecule is NOc1ccc(F)c(F)c1. The van der Waals surface area contributed by atoms with E-state index in [1.807, 2.05) is 0 Å². The Kier molecular flexibility index (Phi) is 1.82. The largest absolute Gasteiger partial charge is 0.411 e. The van der Waals surface area contributed by atoms with E-state index in [-0.39, 0.29) is 5.75 Å². The van der Waals surface area contributed by atoms with Crippen LogP contribution in [-0.4, -0.2) is 0 Å². The van der Waals surface area contributed by atoms with Crippen LogP contribution in [0.1, 0.15) is 0 Å². The zero-order valence-corrected chi connectivity index (χ0v) is 4.97. The second-order valence-corrected chi connectivity index (χ2v) is 1.69. The van der Waals surface area contributed by atoms with Gasteiger partial charge in [0.1, 0.15) is 5.75 Å². The van der Waals surface area contributed by atoms with Crippen LogP contribution in [0.25, 0.3) is 0 Å². The minimum atomic E-state index is -0.969. The Labute approximate surface area is 56.2 Å². The molecule has 1 rings (SSSR count). The molecule has 0 unspecified atom stereocenters. The fraction of sp³-hybridized carbons (Fsp3) is 0. The predicted octanol–water partition coefficient (Wildman–Crippen LogP) is 1.22. The molecule has 0 aliphatic heterocycles. The summed E-state index contributed by atoms with van der Waals surface area (Å²) in [4.78, 5) is 4.14. The topological polar surface area (TPSA) is 35.2 Å². The predicted molar refractivity (Wildman–Crippen MR) is 31.2 cm³/mol. The van der Waals surface area contributed by atoms with Gasteiger partial charge < -0.3 is 4.84 Å². The molecule has 0 fully saturated rings. The highest BCUT2D eigenvalue weighted by molar-refractivity contribution is 5.22. The van der Waals surface area contributed by atoms with Crippen molar-refractivity contribution >= 4 is 0 Å². The Morgan fingerprint density at radius 3 is 2.40 bits per heavy atom. The number of halogens is 2. The van der Waals surface area contributed by atoms with Crippen molar-refractivity contribution in [1.29, 1.82) is 0 Å². The van der Waals surface area contributed by atoms with Crippen LogP contribution in [0.4, 0.5) is 8.78 Å². The van der Waals surface area contributed by atoms with E-state index in [0.717, 1.165) is 12.1 Å². The number of hydrogen-bond acceptors (Lipinski definition) is 2. The van der Waals surface area contributed by atoms with Crippen molar-refractivity contribution in [2.75, 3.05) is 0 Å². The summed E-state index contributed by atoms with van der Waals surface area (Å²) in [5.74, 6) is 2.89. The molecule has 0 atom stereocenters. The van der Waals surface area contributed by atoms with Crippen LogP contribution < -0.4 is 10.7 Å². The third kappa shape index (κ3) is 1.22. The van der Waals surface area contributed by atoms with Crippen molar-refractivity contribution < 1.29 is 13.6 Å². The Balaban J connectivity index is 3.04. The zero-order valence-electron chi connectivity index (χ0n) is 4.97. The van der Waals surface area contributed by atoms with Crippen molar-refractivity contribution in [3.05, 3.63) is 29.8 Å². The molecule has 0 aliphatic carbocycles. The van der Waals surface area contributed by atoms with Crippen molar-refractivity contribution in [1.82, 2.24) is 0 Å². The van der Waals surface area contributed by atoms with Crippen LogP contribution in [-0.2, 0) is 0 Å². The molecule has 0 aromatic heterocycles. The molecule has 0 aliphatic rings. The molecule has 0 saturated carbocycles. The fourth-order valence-electron chi connectivity index (χ4n) is 0.550. The zero-order chi connectivity index (χ0) is 7.56. The summed E-state index contributed by atoms with van der Waals surface area (Å²) < 4.78 is 24.4. The highest BCUT2D eigenvalue weighted by Gasteiger charge is 2.01. The molecule has 10 heavy (non-hydrogen) atoms. The average molecular weight is 145 g/mol. The van der Waals surface area contributed by atoms with E-state index in [0.29, 0.717) is 0 Å². The van der Waals surface area contributed by atoms with E-state index in [2.05, 4.69) is 10.7 Å². The summed E-state index contributed by atoms with van der Waals surface area (Å²) >= 11 is 0. The Hall–Kier alpha value is -1.16. The molecule has 1 aromatic rings. The molecular weight excluding hydrogens is 140 g/mol. The molecule has 0 bridgehead atoms. The van der Waals surface area contributed by atoms with Gasteiger partial charge in [0.15, 0.2) is 11.6 Å². The van der Waals surface area contributed by atoms with Gasteiger partial charge in [-0.05, 0) is 12.1 Å². The van der Waals surface area contributed by atoms with E-state index in [1.165, 1.54) is 6.07 Å². The molecular formula is C6H5F2NO. The monoisotopic (exact) mass is 145 g/mol. The molecule has 0 saturated heterocycles. The maximum Gasteiger partial charge on any atom is 0.162 e. The standard InChI is InChI=1S/C6H5F2NO/c7-5-2-1-4(10-9)3-6(5)8/h1-3H,9H2. The minimum Gasteiger partial charge on any atom is -0.411 e. The number of benzene rings is 1. The second-order valence-electron chi connectivity index (χ2n) is 1.69. The van der Waals surface area contributed by atoms with Gasteiger partial charge >= 0.3 is 0 Å². The van der Waals surface area contributed by atoms with Crippen molar-refractivity contribution in [2.45, 2.75) is 0 Å². The Morgan fingerprint density at radius 1 is 1.20 bits per heavy atom. The number of rotatable bonds is 1. The lowest BCUT2D eigenvalue weighted by Gasteiger charge is -1.96. The first-order valence-corrected chi connectivity index (χ1v) is 2.56. The number of nitrogens with two attached hydrogens (primary N) is 1. The van der Waals surface area contributed by atoms with Gasteiger partial charge in [-0.2, -0.15) is 5.90 Å². The van der Waals surface area contributed by atoms with Crippen molar-refractivity contribution in [2.24, 2.45) is 5.90 Å². The quantitative estimate of drug-likeness (QED) is 0.603.